The highest BCUT2D eigenvalue weighted by atomic mass is 16.4. The van der Waals surface area contributed by atoms with E-state index in [1.807, 2.05) is 0 Å². The Morgan fingerprint density at radius 3 is 2.43 bits per heavy atom. The SMILES string of the molecule is CC1(C)CNC(=O)N1C(=O)NC(C(=O)O)c1ccccc1. The third kappa shape index (κ3) is 2.96. The fourth-order valence-electron chi connectivity index (χ4n) is 2.21. The van der Waals surface area contributed by atoms with Crippen molar-refractivity contribution in [1.82, 2.24) is 15.5 Å². The molecule has 3 N–H and O–H groups in total. The van der Waals surface area contributed by atoms with E-state index < -0.39 is 29.6 Å². The first-order valence-electron chi connectivity index (χ1n) is 6.49. The van der Waals surface area contributed by atoms with Crippen molar-refractivity contribution in [1.29, 1.82) is 0 Å². The van der Waals surface area contributed by atoms with Crippen LogP contribution in [0, 0.1) is 0 Å². The minimum atomic E-state index is -1.21. The van der Waals surface area contributed by atoms with Gasteiger partial charge in [-0.25, -0.2) is 19.3 Å². The Kier molecular flexibility index (Phi) is 3.84. The summed E-state index contributed by atoms with van der Waals surface area (Å²) >= 11 is 0. The monoisotopic (exact) mass is 291 g/mol. The molecule has 7 nitrogen and oxygen atoms in total. The molecule has 1 fully saturated rings. The average Bonchev–Trinajstić information content (AvgIpc) is 2.70. The Labute approximate surface area is 121 Å². The van der Waals surface area contributed by atoms with E-state index in [0.29, 0.717) is 12.1 Å². The topological polar surface area (TPSA) is 98.7 Å². The summed E-state index contributed by atoms with van der Waals surface area (Å²) in [7, 11) is 0. The van der Waals surface area contributed by atoms with E-state index in [0.717, 1.165) is 4.90 Å². The number of hydrogen-bond acceptors (Lipinski definition) is 3. The molecule has 0 aromatic heterocycles. The molecule has 1 unspecified atom stereocenters. The van der Waals surface area contributed by atoms with Gasteiger partial charge in [0.25, 0.3) is 0 Å². The lowest BCUT2D eigenvalue weighted by Gasteiger charge is -2.29. The van der Waals surface area contributed by atoms with Gasteiger partial charge in [-0.3, -0.25) is 0 Å². The van der Waals surface area contributed by atoms with Gasteiger partial charge in [-0.05, 0) is 19.4 Å². The molecular formula is C14H17N3O4. The maximum absolute atomic E-state index is 12.3. The third-order valence-corrected chi connectivity index (χ3v) is 3.33. The summed E-state index contributed by atoms with van der Waals surface area (Å²) in [4.78, 5) is 36.3. The zero-order chi connectivity index (χ0) is 15.6. The number of urea groups is 2. The van der Waals surface area contributed by atoms with Crippen molar-refractivity contribution < 1.29 is 19.5 Å². The molecule has 1 saturated heterocycles. The zero-order valence-electron chi connectivity index (χ0n) is 11.8. The van der Waals surface area contributed by atoms with Crippen LogP contribution >= 0.6 is 0 Å². The number of hydrogen-bond donors (Lipinski definition) is 3. The summed E-state index contributed by atoms with van der Waals surface area (Å²) in [5.74, 6) is -1.19. The lowest BCUT2D eigenvalue weighted by molar-refractivity contribution is -0.139. The summed E-state index contributed by atoms with van der Waals surface area (Å²) < 4.78 is 0. The molecule has 2 rings (SSSR count). The number of carbonyl (C=O) groups is 3. The van der Waals surface area contributed by atoms with Gasteiger partial charge in [0.05, 0.1) is 5.54 Å². The maximum atomic E-state index is 12.3. The number of nitrogens with one attached hydrogen (secondary N) is 2. The highest BCUT2D eigenvalue weighted by Gasteiger charge is 2.43. The number of rotatable bonds is 3. The van der Waals surface area contributed by atoms with Crippen molar-refractivity contribution in [2.24, 2.45) is 0 Å². The van der Waals surface area contributed by atoms with Crippen LogP contribution in [0.3, 0.4) is 0 Å². The molecule has 21 heavy (non-hydrogen) atoms. The van der Waals surface area contributed by atoms with Gasteiger partial charge in [-0.2, -0.15) is 0 Å². The number of aliphatic carboxylic acids is 1. The number of carboxylic acids is 1. The molecule has 7 heteroatoms. The predicted molar refractivity (Wildman–Crippen MR) is 74.7 cm³/mol. The highest BCUT2D eigenvalue weighted by molar-refractivity contribution is 5.97. The second kappa shape index (κ2) is 5.43. The Morgan fingerprint density at radius 1 is 1.33 bits per heavy atom. The fraction of sp³-hybridized carbons (Fsp3) is 0.357. The van der Waals surface area contributed by atoms with E-state index in [9.17, 15) is 19.5 Å². The molecular weight excluding hydrogens is 274 g/mol. The first-order valence-corrected chi connectivity index (χ1v) is 6.49. The Bertz CT molecular complexity index is 571. The molecule has 0 saturated carbocycles. The van der Waals surface area contributed by atoms with Crippen LogP contribution in [0.4, 0.5) is 9.59 Å². The number of amides is 4. The average molecular weight is 291 g/mol. The molecule has 112 valence electrons. The Balaban J connectivity index is 2.20. The lowest BCUT2D eigenvalue weighted by Crippen LogP contribution is -2.52. The van der Waals surface area contributed by atoms with Crippen molar-refractivity contribution >= 4 is 18.0 Å². The van der Waals surface area contributed by atoms with Crippen LogP contribution in [0.2, 0.25) is 0 Å². The molecule has 1 heterocycles. The lowest BCUT2D eigenvalue weighted by atomic mass is 10.1. The van der Waals surface area contributed by atoms with Gasteiger partial charge < -0.3 is 15.7 Å². The summed E-state index contributed by atoms with van der Waals surface area (Å²) in [5.41, 5.74) is -0.267. The van der Waals surface area contributed by atoms with Crippen LogP contribution in [-0.2, 0) is 4.79 Å². The number of nitrogens with zero attached hydrogens (tertiary/aromatic N) is 1. The van der Waals surface area contributed by atoms with E-state index in [1.165, 1.54) is 0 Å². The van der Waals surface area contributed by atoms with Gasteiger partial charge in [0.1, 0.15) is 0 Å². The van der Waals surface area contributed by atoms with Crippen molar-refractivity contribution in [3.63, 3.8) is 0 Å². The van der Waals surface area contributed by atoms with Crippen LogP contribution in [0.5, 0.6) is 0 Å². The van der Waals surface area contributed by atoms with Crippen LogP contribution in [0.15, 0.2) is 30.3 Å². The van der Waals surface area contributed by atoms with Gasteiger partial charge in [0, 0.05) is 6.54 Å². The van der Waals surface area contributed by atoms with Crippen LogP contribution in [0.25, 0.3) is 0 Å². The first-order chi connectivity index (χ1) is 9.83. The van der Waals surface area contributed by atoms with Crippen molar-refractivity contribution in [2.45, 2.75) is 25.4 Å². The van der Waals surface area contributed by atoms with Gasteiger partial charge in [0.15, 0.2) is 6.04 Å². The molecule has 0 radical (unpaired) electrons. The summed E-state index contributed by atoms with van der Waals surface area (Å²) in [6, 6.07) is 5.86. The summed E-state index contributed by atoms with van der Waals surface area (Å²) in [6.07, 6.45) is 0. The molecule has 0 aliphatic carbocycles. The molecule has 1 aliphatic heterocycles. The second-order valence-corrected chi connectivity index (χ2v) is 5.44. The first kappa shape index (κ1) is 14.8. The number of carbonyl (C=O) groups excluding carboxylic acids is 2. The largest absolute Gasteiger partial charge is 0.479 e. The number of benzene rings is 1. The molecule has 0 spiro atoms. The normalized spacial score (nSPS) is 18.0. The Morgan fingerprint density at radius 2 is 1.95 bits per heavy atom. The summed E-state index contributed by atoms with van der Waals surface area (Å²) in [6.45, 7) is 3.77. The molecule has 1 aliphatic rings. The Hall–Kier alpha value is -2.57. The van der Waals surface area contributed by atoms with Crippen molar-refractivity contribution in [3.05, 3.63) is 35.9 Å². The van der Waals surface area contributed by atoms with E-state index in [2.05, 4.69) is 10.6 Å². The van der Waals surface area contributed by atoms with E-state index in [1.54, 1.807) is 44.2 Å². The van der Waals surface area contributed by atoms with E-state index in [-0.39, 0.29) is 0 Å². The van der Waals surface area contributed by atoms with Gasteiger partial charge in [-0.15, -0.1) is 0 Å². The van der Waals surface area contributed by atoms with Gasteiger partial charge in [0.2, 0.25) is 0 Å². The smallest absolute Gasteiger partial charge is 0.330 e. The molecule has 4 amide bonds. The van der Waals surface area contributed by atoms with Crippen molar-refractivity contribution in [3.8, 4) is 0 Å². The minimum Gasteiger partial charge on any atom is -0.479 e. The standard InChI is InChI=1S/C14H17N3O4/c1-14(2)8-15-12(20)17(14)13(21)16-10(11(18)19)9-6-4-3-5-7-9/h3-7,10H,8H2,1-2H3,(H,15,20)(H,16,21)(H,18,19). The second-order valence-electron chi connectivity index (χ2n) is 5.44. The predicted octanol–water partition coefficient (Wildman–Crippen LogP) is 1.33. The van der Waals surface area contributed by atoms with E-state index in [4.69, 9.17) is 0 Å². The van der Waals surface area contributed by atoms with Crippen LogP contribution in [-0.4, -0.2) is 40.1 Å². The quantitative estimate of drug-likeness (QED) is 0.782. The van der Waals surface area contributed by atoms with E-state index >= 15 is 0 Å². The number of imide groups is 1. The molecule has 1 aromatic rings. The molecule has 0 bridgehead atoms. The van der Waals surface area contributed by atoms with Gasteiger partial charge >= 0.3 is 18.0 Å². The van der Waals surface area contributed by atoms with Gasteiger partial charge in [-0.1, -0.05) is 30.3 Å². The highest BCUT2D eigenvalue weighted by Crippen LogP contribution is 2.21. The molecule has 1 atom stereocenters. The molecule has 1 aromatic carbocycles. The summed E-state index contributed by atoms with van der Waals surface area (Å²) in [5, 5.41) is 14.2. The number of carboxylic acid groups (broad SMARTS) is 1. The zero-order valence-corrected chi connectivity index (χ0v) is 11.8. The fourth-order valence-corrected chi connectivity index (χ4v) is 2.21. The van der Waals surface area contributed by atoms with Crippen LogP contribution in [0.1, 0.15) is 25.5 Å². The minimum absolute atomic E-state index is 0.322. The van der Waals surface area contributed by atoms with Crippen molar-refractivity contribution in [2.75, 3.05) is 6.54 Å². The third-order valence-electron chi connectivity index (χ3n) is 3.33. The maximum Gasteiger partial charge on any atom is 0.330 e. The van der Waals surface area contributed by atoms with Crippen LogP contribution < -0.4 is 10.6 Å².